The molecule has 1 fully saturated rings. The Kier molecular flexibility index (Phi) is 7.40. The van der Waals surface area contributed by atoms with E-state index >= 15 is 0 Å². The van der Waals surface area contributed by atoms with Crippen molar-refractivity contribution in [1.29, 1.82) is 0 Å². The van der Waals surface area contributed by atoms with Gasteiger partial charge in [0.1, 0.15) is 0 Å². The Morgan fingerprint density at radius 2 is 1.93 bits per heavy atom. The van der Waals surface area contributed by atoms with Gasteiger partial charge in [0, 0.05) is 42.4 Å². The van der Waals surface area contributed by atoms with E-state index in [1.807, 2.05) is 45.9 Å². The minimum atomic E-state index is -3.21. The van der Waals surface area contributed by atoms with Gasteiger partial charge in [-0.25, -0.2) is 12.7 Å². The van der Waals surface area contributed by atoms with Gasteiger partial charge in [0.25, 0.3) is 0 Å². The fourth-order valence-electron chi connectivity index (χ4n) is 3.80. The molecule has 6 nitrogen and oxygen atoms in total. The lowest BCUT2D eigenvalue weighted by atomic mass is 9.70. The molecule has 0 radical (unpaired) electrons. The van der Waals surface area contributed by atoms with Gasteiger partial charge in [0.05, 0.1) is 5.75 Å². The van der Waals surface area contributed by atoms with Crippen molar-refractivity contribution in [1.82, 2.24) is 14.6 Å². The van der Waals surface area contributed by atoms with Crippen LogP contribution in [0.5, 0.6) is 0 Å². The van der Waals surface area contributed by atoms with Crippen molar-refractivity contribution in [2.24, 2.45) is 5.92 Å². The first-order valence-corrected chi connectivity index (χ1v) is 11.6. The van der Waals surface area contributed by atoms with Crippen LogP contribution in [0.2, 0.25) is 0 Å². The van der Waals surface area contributed by atoms with Crippen LogP contribution in [0.3, 0.4) is 0 Å². The van der Waals surface area contributed by atoms with Gasteiger partial charge in [-0.15, -0.1) is 0 Å². The molecule has 1 aliphatic rings. The molecule has 2 heterocycles. The highest BCUT2D eigenvalue weighted by atomic mass is 32.2. The summed E-state index contributed by atoms with van der Waals surface area (Å²) in [6, 6.07) is 5.70. The van der Waals surface area contributed by atoms with Crippen LogP contribution in [0.1, 0.15) is 59.1 Å². The highest BCUT2D eigenvalue weighted by Crippen LogP contribution is 2.38. The molecule has 2 rings (SSSR count). The van der Waals surface area contributed by atoms with Gasteiger partial charge < -0.3 is 5.32 Å². The zero-order valence-electron chi connectivity index (χ0n) is 16.9. The first-order valence-electron chi connectivity index (χ1n) is 9.96. The van der Waals surface area contributed by atoms with E-state index in [1.54, 1.807) is 10.5 Å². The molecule has 1 unspecified atom stereocenters. The molecule has 2 atom stereocenters. The number of amides is 1. The molecule has 27 heavy (non-hydrogen) atoms. The van der Waals surface area contributed by atoms with Gasteiger partial charge >= 0.3 is 0 Å². The number of aromatic nitrogens is 1. The lowest BCUT2D eigenvalue weighted by Gasteiger charge is -2.45. The topological polar surface area (TPSA) is 79.4 Å². The van der Waals surface area contributed by atoms with E-state index in [-0.39, 0.29) is 29.0 Å². The highest BCUT2D eigenvalue weighted by molar-refractivity contribution is 7.89. The lowest BCUT2D eigenvalue weighted by molar-refractivity contribution is -0.125. The molecule has 152 valence electrons. The largest absolute Gasteiger partial charge is 0.352 e. The second kappa shape index (κ2) is 9.15. The molecule has 0 aromatic carbocycles. The van der Waals surface area contributed by atoms with E-state index in [9.17, 15) is 13.2 Å². The molecular formula is C20H33N3O3S. The zero-order chi connectivity index (χ0) is 20.1. The van der Waals surface area contributed by atoms with Crippen LogP contribution in [-0.4, -0.2) is 48.5 Å². The minimum Gasteiger partial charge on any atom is -0.352 e. The third kappa shape index (κ3) is 4.88. The summed E-state index contributed by atoms with van der Waals surface area (Å²) in [7, 11) is -3.21. The Balaban J connectivity index is 2.25. The van der Waals surface area contributed by atoms with Crippen LogP contribution >= 0.6 is 0 Å². The fraction of sp³-hybridized carbons (Fsp3) is 0.700. The van der Waals surface area contributed by atoms with Crippen molar-refractivity contribution in [3.05, 3.63) is 30.1 Å². The van der Waals surface area contributed by atoms with Crippen molar-refractivity contribution in [2.45, 2.75) is 64.8 Å². The number of nitrogens with one attached hydrogen (secondary N) is 1. The van der Waals surface area contributed by atoms with Gasteiger partial charge in [-0.2, -0.15) is 0 Å². The number of nitrogens with zero attached hydrogens (tertiary/aromatic N) is 2. The van der Waals surface area contributed by atoms with Gasteiger partial charge in [-0.1, -0.05) is 26.8 Å². The van der Waals surface area contributed by atoms with E-state index in [2.05, 4.69) is 10.3 Å². The van der Waals surface area contributed by atoms with Crippen molar-refractivity contribution in [3.63, 3.8) is 0 Å². The van der Waals surface area contributed by atoms with Gasteiger partial charge in [-0.3, -0.25) is 9.78 Å². The van der Waals surface area contributed by atoms with Crippen LogP contribution in [0, 0.1) is 5.92 Å². The standard InChI is InChI=1S/C20H33N3O3S/c1-5-15-27(25,26)23-13-10-20(11-14-23,18-9-7-8-12-21-18)17(4)22-19(24)16(3)6-2/h7-9,12,16-17H,5-6,10-11,13-15H2,1-4H3,(H,22,24)/t16?,17-/m0/s1. The normalized spacial score (nSPS) is 20.0. The Labute approximate surface area is 163 Å². The van der Waals surface area contributed by atoms with E-state index in [4.69, 9.17) is 0 Å². The lowest BCUT2D eigenvalue weighted by Crippen LogP contribution is -2.56. The molecule has 0 saturated carbocycles. The van der Waals surface area contributed by atoms with Crippen LogP contribution in [0.15, 0.2) is 24.4 Å². The number of sulfonamides is 1. The van der Waals surface area contributed by atoms with E-state index in [0.29, 0.717) is 32.4 Å². The fourth-order valence-corrected chi connectivity index (χ4v) is 5.31. The number of carbonyl (C=O) groups is 1. The number of carbonyl (C=O) groups excluding carboxylic acids is 1. The predicted octanol–water partition coefficient (Wildman–Crippen LogP) is 2.71. The number of rotatable bonds is 8. The Morgan fingerprint density at radius 1 is 1.26 bits per heavy atom. The summed E-state index contributed by atoms with van der Waals surface area (Å²) in [6.07, 6.45) is 4.47. The summed E-state index contributed by atoms with van der Waals surface area (Å²) < 4.78 is 26.5. The molecule has 1 aromatic heterocycles. The van der Waals surface area contributed by atoms with Crippen LogP contribution < -0.4 is 5.32 Å². The quantitative estimate of drug-likeness (QED) is 0.734. The summed E-state index contributed by atoms with van der Waals surface area (Å²) in [5.41, 5.74) is 0.567. The third-order valence-electron chi connectivity index (χ3n) is 5.89. The number of pyridine rings is 1. The molecule has 0 aliphatic carbocycles. The number of hydrogen-bond donors (Lipinski definition) is 1. The van der Waals surface area contributed by atoms with Crippen LogP contribution in [0.4, 0.5) is 0 Å². The van der Waals surface area contributed by atoms with Crippen molar-refractivity contribution < 1.29 is 13.2 Å². The van der Waals surface area contributed by atoms with E-state index in [1.165, 1.54) is 0 Å². The van der Waals surface area contributed by atoms with Gasteiger partial charge in [0.15, 0.2) is 0 Å². The summed E-state index contributed by atoms with van der Waals surface area (Å²) in [5.74, 6) is 0.184. The predicted molar refractivity (Wildman–Crippen MR) is 108 cm³/mol. The summed E-state index contributed by atoms with van der Waals surface area (Å²) in [4.78, 5) is 17.0. The first-order chi connectivity index (χ1) is 12.8. The SMILES string of the molecule is CCCS(=O)(=O)N1CCC(c2ccccn2)([C@H](C)NC(=O)C(C)CC)CC1. The first kappa shape index (κ1) is 21.8. The number of hydrogen-bond acceptors (Lipinski definition) is 4. The van der Waals surface area contributed by atoms with Crippen molar-refractivity contribution in [2.75, 3.05) is 18.8 Å². The second-order valence-corrected chi connectivity index (χ2v) is 9.71. The Morgan fingerprint density at radius 3 is 2.44 bits per heavy atom. The van der Waals surface area contributed by atoms with E-state index < -0.39 is 10.0 Å². The van der Waals surface area contributed by atoms with Crippen LogP contribution in [0.25, 0.3) is 0 Å². The average molecular weight is 396 g/mol. The van der Waals surface area contributed by atoms with Crippen molar-refractivity contribution in [3.8, 4) is 0 Å². The summed E-state index contributed by atoms with van der Waals surface area (Å²) in [6.45, 7) is 8.75. The van der Waals surface area contributed by atoms with Gasteiger partial charge in [0.2, 0.25) is 15.9 Å². The molecular weight excluding hydrogens is 362 g/mol. The number of piperidine rings is 1. The Hall–Kier alpha value is -1.47. The monoisotopic (exact) mass is 395 g/mol. The second-order valence-electron chi connectivity index (χ2n) is 7.63. The molecule has 1 saturated heterocycles. The smallest absolute Gasteiger partial charge is 0.223 e. The maximum absolute atomic E-state index is 12.5. The highest BCUT2D eigenvalue weighted by Gasteiger charge is 2.44. The maximum atomic E-state index is 12.5. The molecule has 0 bridgehead atoms. The maximum Gasteiger partial charge on any atom is 0.223 e. The summed E-state index contributed by atoms with van der Waals surface area (Å²) in [5, 5.41) is 3.17. The molecule has 0 spiro atoms. The minimum absolute atomic E-state index is 0.0429. The Bertz CT molecular complexity index is 713. The molecule has 1 aromatic rings. The third-order valence-corrected chi connectivity index (χ3v) is 7.97. The van der Waals surface area contributed by atoms with Gasteiger partial charge in [-0.05, 0) is 44.7 Å². The van der Waals surface area contributed by atoms with Crippen molar-refractivity contribution >= 4 is 15.9 Å². The molecule has 1 amide bonds. The average Bonchev–Trinajstić information content (AvgIpc) is 2.67. The molecule has 7 heteroatoms. The summed E-state index contributed by atoms with van der Waals surface area (Å²) >= 11 is 0. The molecule has 1 aliphatic heterocycles. The van der Waals surface area contributed by atoms with E-state index in [0.717, 1.165) is 12.1 Å². The zero-order valence-corrected chi connectivity index (χ0v) is 17.8. The molecule has 1 N–H and O–H groups in total. The van der Waals surface area contributed by atoms with Crippen LogP contribution in [-0.2, 0) is 20.2 Å².